The van der Waals surface area contributed by atoms with Gasteiger partial charge in [-0.2, -0.15) is 32.0 Å². The zero-order valence-corrected chi connectivity index (χ0v) is 17.3. The van der Waals surface area contributed by atoms with Gasteiger partial charge in [-0.1, -0.05) is 6.07 Å². The Balaban J connectivity index is 1.73. The molecule has 0 radical (unpaired) electrons. The van der Waals surface area contributed by atoms with E-state index >= 15 is 0 Å². The lowest BCUT2D eigenvalue weighted by Gasteiger charge is -2.22. The molecule has 33 heavy (non-hydrogen) atoms. The minimum absolute atomic E-state index is 0.0830. The zero-order valence-electron chi connectivity index (χ0n) is 17.3. The summed E-state index contributed by atoms with van der Waals surface area (Å²) in [7, 11) is 0. The molecule has 0 atom stereocenters. The smallest absolute Gasteiger partial charge is 0.251 e. The standard InChI is InChI=1S/C23H16F6N4/c1-22(2,18-8-9-33(32-18)15-5-3-4-13(10-15)23(27,28)29)19-12-14(24)11-17(30-19)16-6-7-20(25)31-21(16)26/h3-12H,1-2H3. The molecular weight excluding hydrogens is 446 g/mol. The number of benzene rings is 1. The Hall–Kier alpha value is -3.69. The molecule has 0 spiro atoms. The Bertz CT molecular complexity index is 1330. The highest BCUT2D eigenvalue weighted by Crippen LogP contribution is 2.33. The number of halogens is 6. The van der Waals surface area contributed by atoms with Crippen LogP contribution in [0, 0.1) is 17.7 Å². The molecule has 0 bridgehead atoms. The molecule has 1 aromatic carbocycles. The van der Waals surface area contributed by atoms with Crippen LogP contribution in [-0.4, -0.2) is 19.7 Å². The molecule has 0 saturated heterocycles. The number of rotatable bonds is 4. The number of nitrogens with zero attached hydrogens (tertiary/aromatic N) is 4. The van der Waals surface area contributed by atoms with Crippen LogP contribution in [0.1, 0.15) is 30.8 Å². The first-order chi connectivity index (χ1) is 15.4. The summed E-state index contributed by atoms with van der Waals surface area (Å²) in [6, 6.07) is 10.4. The van der Waals surface area contributed by atoms with Crippen molar-refractivity contribution < 1.29 is 26.3 Å². The van der Waals surface area contributed by atoms with Crippen molar-refractivity contribution in [1.82, 2.24) is 19.7 Å². The lowest BCUT2D eigenvalue weighted by molar-refractivity contribution is -0.137. The van der Waals surface area contributed by atoms with E-state index in [9.17, 15) is 26.3 Å². The van der Waals surface area contributed by atoms with E-state index in [4.69, 9.17) is 0 Å². The predicted octanol–water partition coefficient (Wildman–Crippen LogP) is 6.09. The molecule has 0 saturated carbocycles. The molecule has 0 aliphatic carbocycles. The van der Waals surface area contributed by atoms with Gasteiger partial charge in [0.25, 0.3) is 0 Å². The highest BCUT2D eigenvalue weighted by atomic mass is 19.4. The molecule has 0 aliphatic heterocycles. The van der Waals surface area contributed by atoms with Crippen molar-refractivity contribution in [2.45, 2.75) is 25.4 Å². The van der Waals surface area contributed by atoms with Crippen LogP contribution in [0.5, 0.6) is 0 Å². The SMILES string of the molecule is CC(C)(c1cc(F)cc(-c2ccc(F)nc2F)n1)c1ccn(-c2cccc(C(F)(F)F)c2)n1. The quantitative estimate of drug-likeness (QED) is 0.272. The summed E-state index contributed by atoms with van der Waals surface area (Å²) in [5.74, 6) is -2.86. The maximum Gasteiger partial charge on any atom is 0.416 e. The Morgan fingerprint density at radius 1 is 0.818 bits per heavy atom. The zero-order chi connectivity index (χ0) is 24.0. The van der Waals surface area contributed by atoms with Gasteiger partial charge in [0.05, 0.1) is 39.3 Å². The van der Waals surface area contributed by atoms with Crippen LogP contribution in [0.4, 0.5) is 26.3 Å². The predicted molar refractivity (Wildman–Crippen MR) is 108 cm³/mol. The monoisotopic (exact) mass is 462 g/mol. The Kier molecular flexibility index (Phi) is 5.47. The maximum atomic E-state index is 14.4. The first-order valence-corrected chi connectivity index (χ1v) is 9.69. The van der Waals surface area contributed by atoms with Crippen LogP contribution in [-0.2, 0) is 11.6 Å². The normalized spacial score (nSPS) is 12.2. The van der Waals surface area contributed by atoms with Crippen molar-refractivity contribution in [2.75, 3.05) is 0 Å². The lowest BCUT2D eigenvalue weighted by Crippen LogP contribution is -2.22. The van der Waals surface area contributed by atoms with E-state index in [0.29, 0.717) is 5.69 Å². The van der Waals surface area contributed by atoms with Gasteiger partial charge >= 0.3 is 6.18 Å². The van der Waals surface area contributed by atoms with Gasteiger partial charge in [-0.25, -0.2) is 9.07 Å². The van der Waals surface area contributed by atoms with Crippen LogP contribution in [0.3, 0.4) is 0 Å². The molecule has 4 nitrogen and oxygen atoms in total. The largest absolute Gasteiger partial charge is 0.416 e. The van der Waals surface area contributed by atoms with Crippen molar-refractivity contribution in [1.29, 1.82) is 0 Å². The summed E-state index contributed by atoms with van der Waals surface area (Å²) in [5, 5.41) is 4.36. The number of hydrogen-bond acceptors (Lipinski definition) is 3. The van der Waals surface area contributed by atoms with Crippen LogP contribution in [0.25, 0.3) is 16.9 Å². The molecule has 4 aromatic rings. The Morgan fingerprint density at radius 2 is 1.58 bits per heavy atom. The van der Waals surface area contributed by atoms with Crippen molar-refractivity contribution in [2.24, 2.45) is 0 Å². The van der Waals surface area contributed by atoms with Crippen LogP contribution < -0.4 is 0 Å². The molecule has 0 N–H and O–H groups in total. The summed E-state index contributed by atoms with van der Waals surface area (Å²) in [5.41, 5.74) is -1.31. The van der Waals surface area contributed by atoms with E-state index in [-0.39, 0.29) is 22.6 Å². The van der Waals surface area contributed by atoms with Gasteiger partial charge in [0.1, 0.15) is 5.82 Å². The molecule has 4 rings (SSSR count). The first kappa shape index (κ1) is 22.5. The molecule has 0 amide bonds. The lowest BCUT2D eigenvalue weighted by atomic mass is 9.85. The van der Waals surface area contributed by atoms with Gasteiger partial charge in [-0.3, -0.25) is 4.98 Å². The molecular formula is C23H16F6N4. The van der Waals surface area contributed by atoms with Crippen LogP contribution >= 0.6 is 0 Å². The van der Waals surface area contributed by atoms with Gasteiger partial charge in [-0.05, 0) is 56.3 Å². The molecule has 0 unspecified atom stereocenters. The van der Waals surface area contributed by atoms with Crippen molar-refractivity contribution in [3.05, 3.63) is 95.5 Å². The third kappa shape index (κ3) is 4.46. The van der Waals surface area contributed by atoms with Gasteiger partial charge in [0.2, 0.25) is 11.9 Å². The van der Waals surface area contributed by atoms with Gasteiger partial charge in [-0.15, -0.1) is 0 Å². The third-order valence-electron chi connectivity index (χ3n) is 5.19. The fourth-order valence-electron chi connectivity index (χ4n) is 3.32. The second-order valence-electron chi connectivity index (χ2n) is 7.85. The van der Waals surface area contributed by atoms with E-state index in [1.807, 2.05) is 0 Å². The number of pyridine rings is 2. The second-order valence-corrected chi connectivity index (χ2v) is 7.85. The maximum absolute atomic E-state index is 14.4. The van der Waals surface area contributed by atoms with E-state index in [1.165, 1.54) is 23.0 Å². The van der Waals surface area contributed by atoms with Crippen molar-refractivity contribution in [3.63, 3.8) is 0 Å². The fourth-order valence-corrected chi connectivity index (χ4v) is 3.32. The number of aromatic nitrogens is 4. The first-order valence-electron chi connectivity index (χ1n) is 9.69. The highest BCUT2D eigenvalue weighted by molar-refractivity contribution is 5.59. The third-order valence-corrected chi connectivity index (χ3v) is 5.19. The minimum Gasteiger partial charge on any atom is -0.251 e. The summed E-state index contributed by atoms with van der Waals surface area (Å²) in [4.78, 5) is 7.43. The van der Waals surface area contributed by atoms with E-state index in [0.717, 1.165) is 36.4 Å². The molecule has 0 aliphatic rings. The summed E-state index contributed by atoms with van der Waals surface area (Å²) in [6.07, 6.45) is -3.02. The molecule has 170 valence electrons. The van der Waals surface area contributed by atoms with Gasteiger partial charge in [0, 0.05) is 12.3 Å². The van der Waals surface area contributed by atoms with Crippen molar-refractivity contribution >= 4 is 0 Å². The molecule has 3 aromatic heterocycles. The number of alkyl halides is 3. The summed E-state index contributed by atoms with van der Waals surface area (Å²) >= 11 is 0. The van der Waals surface area contributed by atoms with Crippen LogP contribution in [0.2, 0.25) is 0 Å². The average molecular weight is 462 g/mol. The molecule has 3 heterocycles. The van der Waals surface area contributed by atoms with E-state index < -0.39 is 34.9 Å². The number of hydrogen-bond donors (Lipinski definition) is 0. The molecule has 10 heteroatoms. The fraction of sp³-hybridized carbons (Fsp3) is 0.174. The summed E-state index contributed by atoms with van der Waals surface area (Å²) in [6.45, 7) is 3.38. The Labute approximate surface area is 184 Å². The average Bonchev–Trinajstić information content (AvgIpc) is 3.24. The van der Waals surface area contributed by atoms with Crippen molar-refractivity contribution in [3.8, 4) is 16.9 Å². The summed E-state index contributed by atoms with van der Waals surface area (Å²) < 4.78 is 82.1. The van der Waals surface area contributed by atoms with E-state index in [1.54, 1.807) is 19.9 Å². The minimum atomic E-state index is -4.50. The van der Waals surface area contributed by atoms with Gasteiger partial charge in [0.15, 0.2) is 0 Å². The Morgan fingerprint density at radius 3 is 2.27 bits per heavy atom. The highest BCUT2D eigenvalue weighted by Gasteiger charge is 2.32. The van der Waals surface area contributed by atoms with Crippen LogP contribution in [0.15, 0.2) is 60.8 Å². The second kappa shape index (κ2) is 8.02. The van der Waals surface area contributed by atoms with Gasteiger partial charge < -0.3 is 0 Å². The topological polar surface area (TPSA) is 43.6 Å². The molecule has 0 fully saturated rings. The van der Waals surface area contributed by atoms with E-state index in [2.05, 4.69) is 15.1 Å².